The number of hydrogen-bond donors (Lipinski definition) is 0. The predicted octanol–water partition coefficient (Wildman–Crippen LogP) is 2.45. The Balaban J connectivity index is 2.51. The van der Waals surface area contributed by atoms with Gasteiger partial charge in [0, 0.05) is 0 Å². The molecule has 0 heterocycles. The third-order valence-corrected chi connectivity index (χ3v) is 1.11. The first kappa shape index (κ1) is 5.36. The van der Waals surface area contributed by atoms with Gasteiger partial charge in [-0.2, -0.15) is 0 Å². The van der Waals surface area contributed by atoms with Gasteiger partial charge in [-0.15, -0.1) is 0 Å². The Labute approximate surface area is 50.2 Å². The average Bonchev–Trinajstić information content (AvgIpc) is 1.62. The summed E-state index contributed by atoms with van der Waals surface area (Å²) in [6.45, 7) is 0. The average molecular weight is 106 g/mol. The standard InChI is InChI=1S/C8H10/c1-2-4-6-8-7-5-3-1/h1-6H,7-8H2/b2-1-,5-3?,6-4?. The zero-order valence-corrected chi connectivity index (χ0v) is 4.88. The molecule has 8 heavy (non-hydrogen) atoms. The molecule has 1 rings (SSSR count). The highest BCUT2D eigenvalue weighted by Crippen LogP contribution is 1.96. The molecule has 0 heteroatoms. The van der Waals surface area contributed by atoms with Gasteiger partial charge in [-0.05, 0) is 12.8 Å². The molecule has 0 aromatic rings. The van der Waals surface area contributed by atoms with Gasteiger partial charge in [0.2, 0.25) is 0 Å². The number of rotatable bonds is 0. The topological polar surface area (TPSA) is 0 Å². The molecule has 0 aromatic heterocycles. The van der Waals surface area contributed by atoms with E-state index in [1.54, 1.807) is 0 Å². The van der Waals surface area contributed by atoms with Crippen LogP contribution in [0, 0.1) is 0 Å². The van der Waals surface area contributed by atoms with Crippen LogP contribution in [0.4, 0.5) is 0 Å². The molecule has 0 aromatic carbocycles. The Kier molecular flexibility index (Phi) is 2.18. The van der Waals surface area contributed by atoms with E-state index >= 15 is 0 Å². The lowest BCUT2D eigenvalue weighted by molar-refractivity contribution is 1.05. The van der Waals surface area contributed by atoms with E-state index in [0.717, 1.165) is 0 Å². The van der Waals surface area contributed by atoms with Crippen molar-refractivity contribution in [1.82, 2.24) is 0 Å². The molecule has 0 N–H and O–H groups in total. The molecular formula is C8H10. The second-order valence-corrected chi connectivity index (χ2v) is 1.82. The predicted molar refractivity (Wildman–Crippen MR) is 36.7 cm³/mol. The zero-order chi connectivity index (χ0) is 5.66. The fourth-order valence-electron chi connectivity index (χ4n) is 0.670. The smallest absolute Gasteiger partial charge is 0.0313 e. The Morgan fingerprint density at radius 3 is 1.62 bits per heavy atom. The van der Waals surface area contributed by atoms with E-state index in [9.17, 15) is 0 Å². The van der Waals surface area contributed by atoms with E-state index in [-0.39, 0.29) is 0 Å². The maximum absolute atomic E-state index is 2.18. The van der Waals surface area contributed by atoms with Gasteiger partial charge in [0.05, 0.1) is 0 Å². The van der Waals surface area contributed by atoms with Crippen LogP contribution in [0.25, 0.3) is 0 Å². The highest BCUT2D eigenvalue weighted by molar-refractivity contribution is 5.13. The van der Waals surface area contributed by atoms with Crippen LogP contribution in [0.3, 0.4) is 0 Å². The second-order valence-electron chi connectivity index (χ2n) is 1.82. The van der Waals surface area contributed by atoms with Crippen molar-refractivity contribution in [1.29, 1.82) is 0 Å². The zero-order valence-electron chi connectivity index (χ0n) is 4.88. The molecule has 0 nitrogen and oxygen atoms in total. The first-order valence-electron chi connectivity index (χ1n) is 2.98. The molecule has 0 fully saturated rings. The second kappa shape index (κ2) is 3.25. The van der Waals surface area contributed by atoms with Gasteiger partial charge >= 0.3 is 0 Å². The van der Waals surface area contributed by atoms with Crippen molar-refractivity contribution in [3.05, 3.63) is 36.5 Å². The molecule has 0 atom stereocenters. The summed E-state index contributed by atoms with van der Waals surface area (Å²) in [5, 5.41) is 0. The van der Waals surface area contributed by atoms with Gasteiger partial charge in [0.15, 0.2) is 0 Å². The number of hydrogen-bond acceptors (Lipinski definition) is 0. The van der Waals surface area contributed by atoms with Crippen molar-refractivity contribution >= 4 is 0 Å². The van der Waals surface area contributed by atoms with E-state index < -0.39 is 0 Å². The maximum Gasteiger partial charge on any atom is -0.0313 e. The molecule has 0 radical (unpaired) electrons. The van der Waals surface area contributed by atoms with Gasteiger partial charge in [-0.1, -0.05) is 36.5 Å². The monoisotopic (exact) mass is 106 g/mol. The Morgan fingerprint density at radius 1 is 0.625 bits per heavy atom. The van der Waals surface area contributed by atoms with Crippen molar-refractivity contribution in [2.75, 3.05) is 0 Å². The lowest BCUT2D eigenvalue weighted by Crippen LogP contribution is -1.65. The maximum atomic E-state index is 2.18. The van der Waals surface area contributed by atoms with Crippen molar-refractivity contribution in [3.8, 4) is 0 Å². The largest absolute Gasteiger partial charge is 0.0842 e. The van der Waals surface area contributed by atoms with Crippen LogP contribution in [-0.2, 0) is 0 Å². The van der Waals surface area contributed by atoms with E-state index in [0.29, 0.717) is 0 Å². The molecule has 0 spiro atoms. The molecule has 0 amide bonds. The van der Waals surface area contributed by atoms with E-state index in [1.807, 2.05) is 0 Å². The summed E-state index contributed by atoms with van der Waals surface area (Å²) in [5.74, 6) is 0. The van der Waals surface area contributed by atoms with Gasteiger partial charge in [0.1, 0.15) is 0 Å². The van der Waals surface area contributed by atoms with Gasteiger partial charge < -0.3 is 0 Å². The summed E-state index contributed by atoms with van der Waals surface area (Å²) in [4.78, 5) is 0. The van der Waals surface area contributed by atoms with E-state index in [4.69, 9.17) is 0 Å². The fourth-order valence-corrected chi connectivity index (χ4v) is 0.670. The van der Waals surface area contributed by atoms with Gasteiger partial charge in [-0.25, -0.2) is 0 Å². The van der Waals surface area contributed by atoms with E-state index in [2.05, 4.69) is 36.5 Å². The fraction of sp³-hybridized carbons (Fsp3) is 0.250. The molecule has 0 bridgehead atoms. The van der Waals surface area contributed by atoms with Gasteiger partial charge in [-0.3, -0.25) is 0 Å². The molecule has 42 valence electrons. The van der Waals surface area contributed by atoms with Crippen LogP contribution in [0.15, 0.2) is 36.5 Å². The third-order valence-electron chi connectivity index (χ3n) is 1.11. The van der Waals surface area contributed by atoms with Gasteiger partial charge in [0.25, 0.3) is 0 Å². The Morgan fingerprint density at radius 2 is 1.12 bits per heavy atom. The lowest BCUT2D eigenvalue weighted by Gasteiger charge is -1.86. The molecular weight excluding hydrogens is 96.1 g/mol. The van der Waals surface area contributed by atoms with Crippen molar-refractivity contribution in [2.24, 2.45) is 0 Å². The highest BCUT2D eigenvalue weighted by atomic mass is 13.8. The normalized spacial score (nSPS) is 22.0. The first-order chi connectivity index (χ1) is 4.00. The van der Waals surface area contributed by atoms with Crippen LogP contribution in [0.5, 0.6) is 0 Å². The molecule has 1 aliphatic rings. The SMILES string of the molecule is C1=CCCC=C/C=C\1. The van der Waals surface area contributed by atoms with Crippen LogP contribution < -0.4 is 0 Å². The quantitative estimate of drug-likeness (QED) is 0.445. The minimum atomic E-state index is 1.18. The summed E-state index contributed by atoms with van der Waals surface area (Å²) in [6, 6.07) is 0. The van der Waals surface area contributed by atoms with E-state index in [1.165, 1.54) is 12.8 Å². The molecule has 0 saturated heterocycles. The molecule has 0 saturated carbocycles. The molecule has 0 aliphatic heterocycles. The molecule has 0 unspecified atom stereocenters. The summed E-state index contributed by atoms with van der Waals surface area (Å²) in [5.41, 5.74) is 0. The Bertz CT molecular complexity index is 111. The van der Waals surface area contributed by atoms with Crippen molar-refractivity contribution in [2.45, 2.75) is 12.8 Å². The van der Waals surface area contributed by atoms with Crippen molar-refractivity contribution in [3.63, 3.8) is 0 Å². The minimum Gasteiger partial charge on any atom is -0.0842 e. The summed E-state index contributed by atoms with van der Waals surface area (Å²) >= 11 is 0. The Hall–Kier alpha value is -0.780. The minimum absolute atomic E-state index is 1.18. The summed E-state index contributed by atoms with van der Waals surface area (Å²) < 4.78 is 0. The van der Waals surface area contributed by atoms with Crippen LogP contribution >= 0.6 is 0 Å². The summed E-state index contributed by atoms with van der Waals surface area (Å²) in [7, 11) is 0. The first-order valence-corrected chi connectivity index (χ1v) is 2.98. The van der Waals surface area contributed by atoms with Crippen molar-refractivity contribution < 1.29 is 0 Å². The van der Waals surface area contributed by atoms with Crippen LogP contribution in [-0.4, -0.2) is 0 Å². The highest BCUT2D eigenvalue weighted by Gasteiger charge is 1.75. The summed E-state index contributed by atoms with van der Waals surface area (Å²) in [6.07, 6.45) is 15.0. The third kappa shape index (κ3) is 1.78. The number of allylic oxidation sites excluding steroid dienone is 6. The van der Waals surface area contributed by atoms with Crippen LogP contribution in [0.2, 0.25) is 0 Å². The lowest BCUT2D eigenvalue weighted by atomic mass is 10.2. The molecule has 1 aliphatic carbocycles. The van der Waals surface area contributed by atoms with Crippen LogP contribution in [0.1, 0.15) is 12.8 Å².